The number of ether oxygens (including phenoxy) is 1. The van der Waals surface area contributed by atoms with Crippen molar-refractivity contribution >= 4 is 17.4 Å². The molecular formula is C21H26N2O3. The smallest absolute Gasteiger partial charge is 0.278 e. The molecule has 5 nitrogen and oxygen atoms in total. The van der Waals surface area contributed by atoms with E-state index in [4.69, 9.17) is 4.74 Å². The molecule has 2 amide bonds. The molecule has 138 valence electrons. The number of rotatable bonds is 4. The van der Waals surface area contributed by atoms with Gasteiger partial charge in [-0.1, -0.05) is 29.8 Å². The SMILES string of the molecule is C=CCN1C(=O)C(c2ccc(C)cc2C)=C(N2CC(C)OC(C)C2)C1=O. The van der Waals surface area contributed by atoms with Gasteiger partial charge in [0.1, 0.15) is 5.70 Å². The predicted molar refractivity (Wildman–Crippen MR) is 101 cm³/mol. The Bertz CT molecular complexity index is 786. The summed E-state index contributed by atoms with van der Waals surface area (Å²) >= 11 is 0. The number of carbonyl (C=O) groups is 2. The zero-order valence-electron chi connectivity index (χ0n) is 15.9. The second-order valence-corrected chi connectivity index (χ2v) is 7.21. The second kappa shape index (κ2) is 7.08. The van der Waals surface area contributed by atoms with Gasteiger partial charge in [-0.05, 0) is 38.8 Å². The third-order valence-electron chi connectivity index (χ3n) is 4.84. The highest BCUT2D eigenvalue weighted by Gasteiger charge is 2.42. The van der Waals surface area contributed by atoms with Crippen molar-refractivity contribution in [1.29, 1.82) is 0 Å². The Labute approximate surface area is 154 Å². The molecule has 2 heterocycles. The van der Waals surface area contributed by atoms with E-state index in [9.17, 15) is 9.59 Å². The summed E-state index contributed by atoms with van der Waals surface area (Å²) in [5, 5.41) is 0. The van der Waals surface area contributed by atoms with Crippen LogP contribution in [0, 0.1) is 13.8 Å². The zero-order chi connectivity index (χ0) is 19.0. The van der Waals surface area contributed by atoms with Crippen LogP contribution in [0.25, 0.3) is 5.57 Å². The molecule has 2 atom stereocenters. The van der Waals surface area contributed by atoms with Crippen LogP contribution in [-0.4, -0.2) is 53.5 Å². The lowest BCUT2D eigenvalue weighted by atomic mass is 9.97. The fourth-order valence-electron chi connectivity index (χ4n) is 3.85. The van der Waals surface area contributed by atoms with Gasteiger partial charge in [-0.15, -0.1) is 6.58 Å². The number of nitrogens with zero attached hydrogens (tertiary/aromatic N) is 2. The molecule has 0 aromatic heterocycles. The fourth-order valence-corrected chi connectivity index (χ4v) is 3.85. The van der Waals surface area contributed by atoms with Gasteiger partial charge in [0.15, 0.2) is 0 Å². The predicted octanol–water partition coefficient (Wildman–Crippen LogP) is 2.68. The van der Waals surface area contributed by atoms with Crippen molar-refractivity contribution in [2.24, 2.45) is 0 Å². The molecule has 0 radical (unpaired) electrons. The lowest BCUT2D eigenvalue weighted by molar-refractivity contribution is -0.137. The van der Waals surface area contributed by atoms with E-state index in [1.165, 1.54) is 4.90 Å². The minimum absolute atomic E-state index is 0.00275. The Hall–Kier alpha value is -2.40. The summed E-state index contributed by atoms with van der Waals surface area (Å²) in [5.41, 5.74) is 3.93. The van der Waals surface area contributed by atoms with Crippen molar-refractivity contribution in [1.82, 2.24) is 9.80 Å². The van der Waals surface area contributed by atoms with Crippen molar-refractivity contribution in [3.8, 4) is 0 Å². The summed E-state index contributed by atoms with van der Waals surface area (Å²) in [5.74, 6) is -0.491. The number of aryl methyl sites for hydroxylation is 2. The van der Waals surface area contributed by atoms with E-state index in [-0.39, 0.29) is 30.6 Å². The summed E-state index contributed by atoms with van der Waals surface area (Å²) in [6, 6.07) is 5.96. The maximum Gasteiger partial charge on any atom is 0.278 e. The third kappa shape index (κ3) is 3.19. The van der Waals surface area contributed by atoms with Crippen LogP contribution in [0.1, 0.15) is 30.5 Å². The van der Waals surface area contributed by atoms with Crippen LogP contribution in [0.15, 0.2) is 36.6 Å². The van der Waals surface area contributed by atoms with Crippen LogP contribution in [0.2, 0.25) is 0 Å². The van der Waals surface area contributed by atoms with Gasteiger partial charge in [0.25, 0.3) is 11.8 Å². The number of morpholine rings is 1. The summed E-state index contributed by atoms with van der Waals surface area (Å²) in [7, 11) is 0. The van der Waals surface area contributed by atoms with E-state index >= 15 is 0 Å². The molecule has 0 bridgehead atoms. The van der Waals surface area contributed by atoms with E-state index in [0.717, 1.165) is 16.7 Å². The third-order valence-corrected chi connectivity index (χ3v) is 4.84. The molecule has 26 heavy (non-hydrogen) atoms. The van der Waals surface area contributed by atoms with E-state index in [0.29, 0.717) is 24.4 Å². The molecule has 1 fully saturated rings. The number of benzene rings is 1. The summed E-state index contributed by atoms with van der Waals surface area (Å²) in [6.07, 6.45) is 1.59. The standard InChI is InChI=1S/C21H26N2O3/c1-6-9-23-20(24)18(17-8-7-13(2)10-14(17)3)19(21(23)25)22-11-15(4)26-16(5)12-22/h6-8,10,15-16H,1,9,11-12H2,2-5H3. The topological polar surface area (TPSA) is 49.9 Å². The van der Waals surface area contributed by atoms with Gasteiger partial charge in [0.05, 0.1) is 17.8 Å². The molecule has 0 saturated carbocycles. The molecule has 2 aliphatic rings. The van der Waals surface area contributed by atoms with Gasteiger partial charge in [-0.25, -0.2) is 0 Å². The van der Waals surface area contributed by atoms with Gasteiger partial charge >= 0.3 is 0 Å². The van der Waals surface area contributed by atoms with Crippen LogP contribution in [-0.2, 0) is 14.3 Å². The molecule has 3 rings (SSSR count). The van der Waals surface area contributed by atoms with Crippen LogP contribution in [0.3, 0.4) is 0 Å². The van der Waals surface area contributed by atoms with Crippen molar-refractivity contribution in [2.75, 3.05) is 19.6 Å². The highest BCUT2D eigenvalue weighted by Crippen LogP contribution is 2.34. The average Bonchev–Trinajstić information content (AvgIpc) is 2.79. The van der Waals surface area contributed by atoms with E-state index in [2.05, 4.69) is 6.58 Å². The first kappa shape index (κ1) is 18.4. The molecule has 0 N–H and O–H groups in total. The maximum atomic E-state index is 13.1. The van der Waals surface area contributed by atoms with Gasteiger partial charge in [-0.3, -0.25) is 14.5 Å². The molecule has 0 aliphatic carbocycles. The monoisotopic (exact) mass is 354 g/mol. The van der Waals surface area contributed by atoms with E-state index in [1.807, 2.05) is 50.8 Å². The Kier molecular flexibility index (Phi) is 5.01. The molecule has 2 unspecified atom stereocenters. The Morgan fingerprint density at radius 1 is 1.15 bits per heavy atom. The Balaban J connectivity index is 2.14. The van der Waals surface area contributed by atoms with Gasteiger partial charge in [-0.2, -0.15) is 0 Å². The lowest BCUT2D eigenvalue weighted by Gasteiger charge is -2.37. The van der Waals surface area contributed by atoms with Crippen LogP contribution in [0.4, 0.5) is 0 Å². The Morgan fingerprint density at radius 2 is 1.81 bits per heavy atom. The molecule has 2 aliphatic heterocycles. The first-order valence-corrected chi connectivity index (χ1v) is 9.02. The minimum Gasteiger partial charge on any atom is -0.372 e. The summed E-state index contributed by atoms with van der Waals surface area (Å²) in [4.78, 5) is 29.5. The highest BCUT2D eigenvalue weighted by atomic mass is 16.5. The van der Waals surface area contributed by atoms with Crippen LogP contribution in [0.5, 0.6) is 0 Å². The molecule has 1 saturated heterocycles. The van der Waals surface area contributed by atoms with E-state index < -0.39 is 0 Å². The van der Waals surface area contributed by atoms with Crippen molar-refractivity contribution in [3.05, 3.63) is 53.2 Å². The Morgan fingerprint density at radius 3 is 2.38 bits per heavy atom. The number of imide groups is 1. The molecule has 1 aromatic carbocycles. The minimum atomic E-state index is -0.247. The number of hydrogen-bond acceptors (Lipinski definition) is 4. The summed E-state index contributed by atoms with van der Waals surface area (Å²) in [6.45, 7) is 13.1. The van der Waals surface area contributed by atoms with Gasteiger partial charge in [0.2, 0.25) is 0 Å². The zero-order valence-corrected chi connectivity index (χ0v) is 15.9. The average molecular weight is 354 g/mol. The first-order chi connectivity index (χ1) is 12.3. The first-order valence-electron chi connectivity index (χ1n) is 9.02. The molecule has 1 aromatic rings. The van der Waals surface area contributed by atoms with Crippen LogP contribution >= 0.6 is 0 Å². The second-order valence-electron chi connectivity index (χ2n) is 7.21. The number of carbonyl (C=O) groups excluding carboxylic acids is 2. The van der Waals surface area contributed by atoms with Gasteiger partial charge < -0.3 is 9.64 Å². The van der Waals surface area contributed by atoms with Crippen molar-refractivity contribution in [2.45, 2.75) is 39.9 Å². The highest BCUT2D eigenvalue weighted by molar-refractivity contribution is 6.35. The van der Waals surface area contributed by atoms with Gasteiger partial charge in [0, 0.05) is 19.6 Å². The molecular weight excluding hydrogens is 328 g/mol. The van der Waals surface area contributed by atoms with Crippen LogP contribution < -0.4 is 0 Å². The van der Waals surface area contributed by atoms with Crippen molar-refractivity contribution < 1.29 is 14.3 Å². The normalized spacial score (nSPS) is 23.8. The number of amides is 2. The fraction of sp³-hybridized carbons (Fsp3) is 0.429. The van der Waals surface area contributed by atoms with Crippen molar-refractivity contribution in [3.63, 3.8) is 0 Å². The molecule has 5 heteroatoms. The lowest BCUT2D eigenvalue weighted by Crippen LogP contribution is -2.47. The summed E-state index contributed by atoms with van der Waals surface area (Å²) < 4.78 is 5.80. The maximum absolute atomic E-state index is 13.1. The number of hydrogen-bond donors (Lipinski definition) is 0. The quantitative estimate of drug-likeness (QED) is 0.616. The van der Waals surface area contributed by atoms with E-state index in [1.54, 1.807) is 6.08 Å². The molecule has 0 spiro atoms. The largest absolute Gasteiger partial charge is 0.372 e.